The number of ether oxygens (including phenoxy) is 1. The number of esters is 1. The van der Waals surface area contributed by atoms with Gasteiger partial charge < -0.3 is 9.64 Å². The van der Waals surface area contributed by atoms with Crippen molar-refractivity contribution in [2.24, 2.45) is 0 Å². The molecule has 0 N–H and O–H groups in total. The predicted molar refractivity (Wildman–Crippen MR) is 79.1 cm³/mol. The number of carbonyl (C=O) groups is 2. The number of methoxy groups -OCH3 is 1. The molecule has 1 atom stereocenters. The molecular weight excluding hydrogens is 274 g/mol. The average molecular weight is 295 g/mol. The zero-order valence-electron chi connectivity index (χ0n) is 12.3. The van der Waals surface area contributed by atoms with Gasteiger partial charge in [0.25, 0.3) is 5.91 Å². The topological polar surface area (TPSA) is 46.6 Å². The van der Waals surface area contributed by atoms with Crippen molar-refractivity contribution in [3.63, 3.8) is 0 Å². The van der Waals surface area contributed by atoms with Crippen LogP contribution < -0.4 is 0 Å². The van der Waals surface area contributed by atoms with E-state index in [0.717, 1.165) is 41.1 Å². The van der Waals surface area contributed by atoms with Gasteiger partial charge in [0.1, 0.15) is 0 Å². The van der Waals surface area contributed by atoms with Crippen LogP contribution in [-0.2, 0) is 9.53 Å². The first-order valence-electron chi connectivity index (χ1n) is 6.97. The molecule has 2 heterocycles. The smallest absolute Gasteiger partial charge is 0.307 e. The van der Waals surface area contributed by atoms with E-state index in [4.69, 9.17) is 4.74 Å². The van der Waals surface area contributed by atoms with E-state index in [9.17, 15) is 9.59 Å². The number of piperidine rings is 1. The first-order valence-corrected chi connectivity index (χ1v) is 7.79. The van der Waals surface area contributed by atoms with Gasteiger partial charge >= 0.3 is 5.97 Å². The van der Waals surface area contributed by atoms with Gasteiger partial charge in [0.05, 0.1) is 19.1 Å². The third-order valence-corrected chi connectivity index (χ3v) is 4.76. The number of carbonyl (C=O) groups excluding carboxylic acids is 2. The fraction of sp³-hybridized carbons (Fsp3) is 0.600. The Morgan fingerprint density at radius 2 is 2.15 bits per heavy atom. The summed E-state index contributed by atoms with van der Waals surface area (Å²) < 4.78 is 4.74. The summed E-state index contributed by atoms with van der Waals surface area (Å²) >= 11 is 1.64. The Kier molecular flexibility index (Phi) is 4.81. The highest BCUT2D eigenvalue weighted by atomic mass is 32.1. The van der Waals surface area contributed by atoms with E-state index in [1.54, 1.807) is 11.3 Å². The first kappa shape index (κ1) is 15.0. The van der Waals surface area contributed by atoms with E-state index in [1.807, 2.05) is 24.8 Å². The van der Waals surface area contributed by atoms with E-state index in [1.165, 1.54) is 7.11 Å². The minimum Gasteiger partial charge on any atom is -0.469 e. The number of thiophene rings is 1. The molecule has 1 aliphatic rings. The third-order valence-electron chi connectivity index (χ3n) is 3.79. The molecule has 0 spiro atoms. The largest absolute Gasteiger partial charge is 0.469 e. The molecule has 1 unspecified atom stereocenters. The summed E-state index contributed by atoms with van der Waals surface area (Å²) in [4.78, 5) is 28.2. The number of amides is 1. The van der Waals surface area contributed by atoms with Crippen molar-refractivity contribution in [2.45, 2.75) is 45.6 Å². The summed E-state index contributed by atoms with van der Waals surface area (Å²) in [6.45, 7) is 4.72. The second-order valence-corrected chi connectivity index (χ2v) is 6.72. The second kappa shape index (κ2) is 6.39. The number of nitrogens with zero attached hydrogens (tertiary/aromatic N) is 1. The van der Waals surface area contributed by atoms with Gasteiger partial charge in [-0.3, -0.25) is 9.59 Å². The van der Waals surface area contributed by atoms with Crippen LogP contribution in [0.3, 0.4) is 0 Å². The molecule has 0 aromatic carbocycles. The van der Waals surface area contributed by atoms with Crippen molar-refractivity contribution in [3.05, 3.63) is 21.4 Å². The highest BCUT2D eigenvalue weighted by Gasteiger charge is 2.30. The van der Waals surface area contributed by atoms with E-state index < -0.39 is 0 Å². The van der Waals surface area contributed by atoms with Gasteiger partial charge in [-0.1, -0.05) is 0 Å². The van der Waals surface area contributed by atoms with Crippen LogP contribution in [-0.4, -0.2) is 36.5 Å². The van der Waals surface area contributed by atoms with Crippen LogP contribution >= 0.6 is 11.3 Å². The molecule has 0 radical (unpaired) electrons. The molecule has 1 aliphatic heterocycles. The standard InChI is InChI=1S/C15H21NO3S/c1-10-8-13(11(2)20-10)15(18)16-7-5-4-6-12(16)9-14(17)19-3/h8,12H,4-7,9H2,1-3H3. The quantitative estimate of drug-likeness (QED) is 0.806. The highest BCUT2D eigenvalue weighted by molar-refractivity contribution is 7.12. The minimum absolute atomic E-state index is 0.0247. The fourth-order valence-electron chi connectivity index (χ4n) is 2.75. The summed E-state index contributed by atoms with van der Waals surface area (Å²) in [5, 5.41) is 0. The predicted octanol–water partition coefficient (Wildman–Crippen LogP) is 2.92. The lowest BCUT2D eigenvalue weighted by atomic mass is 9.98. The Balaban J connectivity index is 2.17. The van der Waals surface area contributed by atoms with Crippen molar-refractivity contribution in [3.8, 4) is 0 Å². The summed E-state index contributed by atoms with van der Waals surface area (Å²) in [6.07, 6.45) is 3.24. The van der Waals surface area contributed by atoms with Gasteiger partial charge in [-0.2, -0.15) is 0 Å². The Labute approximate surface area is 123 Å². The van der Waals surface area contributed by atoms with Crippen molar-refractivity contribution in [2.75, 3.05) is 13.7 Å². The zero-order chi connectivity index (χ0) is 14.7. The molecule has 1 aromatic rings. The lowest BCUT2D eigenvalue weighted by Gasteiger charge is -2.35. The molecule has 20 heavy (non-hydrogen) atoms. The molecule has 0 aliphatic carbocycles. The lowest BCUT2D eigenvalue weighted by molar-refractivity contribution is -0.142. The van der Waals surface area contributed by atoms with Crippen molar-refractivity contribution in [1.82, 2.24) is 4.90 Å². The molecule has 110 valence electrons. The van der Waals surface area contributed by atoms with Crippen LogP contribution in [0.15, 0.2) is 6.07 Å². The molecule has 0 bridgehead atoms. The SMILES string of the molecule is COC(=O)CC1CCCCN1C(=O)c1cc(C)sc1C. The number of likely N-dealkylation sites (tertiary alicyclic amines) is 1. The minimum atomic E-state index is -0.243. The Morgan fingerprint density at radius 3 is 2.75 bits per heavy atom. The first-order chi connectivity index (χ1) is 9.52. The molecule has 2 rings (SSSR count). The number of rotatable bonds is 3. The summed E-state index contributed by atoms with van der Waals surface area (Å²) in [6, 6.07) is 1.93. The zero-order valence-corrected chi connectivity index (χ0v) is 13.1. The van der Waals surface area contributed by atoms with Crippen LogP contribution in [0.2, 0.25) is 0 Å². The molecular formula is C15H21NO3S. The van der Waals surface area contributed by atoms with Crippen LogP contribution in [0, 0.1) is 13.8 Å². The number of aryl methyl sites for hydroxylation is 2. The van der Waals surface area contributed by atoms with Gasteiger partial charge in [0, 0.05) is 22.3 Å². The average Bonchev–Trinajstić information content (AvgIpc) is 2.77. The van der Waals surface area contributed by atoms with Crippen molar-refractivity contribution in [1.29, 1.82) is 0 Å². The Morgan fingerprint density at radius 1 is 1.40 bits per heavy atom. The lowest BCUT2D eigenvalue weighted by Crippen LogP contribution is -2.45. The monoisotopic (exact) mass is 295 g/mol. The maximum absolute atomic E-state index is 12.7. The van der Waals surface area contributed by atoms with Gasteiger partial charge in [-0.15, -0.1) is 11.3 Å². The molecule has 5 heteroatoms. The van der Waals surface area contributed by atoms with Crippen molar-refractivity contribution >= 4 is 23.2 Å². The third kappa shape index (κ3) is 3.20. The molecule has 1 saturated heterocycles. The molecule has 4 nitrogen and oxygen atoms in total. The molecule has 1 amide bonds. The summed E-state index contributed by atoms with van der Waals surface area (Å²) in [5.41, 5.74) is 0.782. The van der Waals surface area contributed by atoms with Crippen LogP contribution in [0.4, 0.5) is 0 Å². The second-order valence-electron chi connectivity index (χ2n) is 5.26. The van der Waals surface area contributed by atoms with E-state index >= 15 is 0 Å². The normalized spacial score (nSPS) is 18.9. The highest BCUT2D eigenvalue weighted by Crippen LogP contribution is 2.27. The van der Waals surface area contributed by atoms with Gasteiger partial charge in [-0.25, -0.2) is 0 Å². The summed E-state index contributed by atoms with van der Waals surface area (Å²) in [7, 11) is 1.39. The fourth-order valence-corrected chi connectivity index (χ4v) is 3.67. The van der Waals surface area contributed by atoms with Gasteiger partial charge in [0.2, 0.25) is 0 Å². The molecule has 1 fully saturated rings. The van der Waals surface area contributed by atoms with Crippen molar-refractivity contribution < 1.29 is 14.3 Å². The van der Waals surface area contributed by atoms with E-state index in [0.29, 0.717) is 6.42 Å². The number of hydrogen-bond donors (Lipinski definition) is 0. The van der Waals surface area contributed by atoms with Gasteiger partial charge in [-0.05, 0) is 39.2 Å². The summed E-state index contributed by atoms with van der Waals surface area (Å²) in [5.74, 6) is -0.187. The Bertz CT molecular complexity index is 509. The maximum Gasteiger partial charge on any atom is 0.307 e. The van der Waals surface area contributed by atoms with E-state index in [-0.39, 0.29) is 17.9 Å². The molecule has 0 saturated carbocycles. The van der Waals surface area contributed by atoms with Crippen LogP contribution in [0.5, 0.6) is 0 Å². The Hall–Kier alpha value is -1.36. The molecule has 1 aromatic heterocycles. The van der Waals surface area contributed by atoms with Gasteiger partial charge in [0.15, 0.2) is 0 Å². The van der Waals surface area contributed by atoms with Crippen LogP contribution in [0.25, 0.3) is 0 Å². The van der Waals surface area contributed by atoms with E-state index in [2.05, 4.69) is 0 Å². The number of hydrogen-bond acceptors (Lipinski definition) is 4. The van der Waals surface area contributed by atoms with Crippen LogP contribution in [0.1, 0.15) is 45.8 Å². The maximum atomic E-state index is 12.7.